The summed E-state index contributed by atoms with van der Waals surface area (Å²) < 4.78 is 2.46. The summed E-state index contributed by atoms with van der Waals surface area (Å²) in [5.41, 5.74) is 8.60. The second-order valence-electron chi connectivity index (χ2n) is 5.76. The molecule has 1 saturated heterocycles. The predicted octanol–water partition coefficient (Wildman–Crippen LogP) is 1.14. The lowest BCUT2D eigenvalue weighted by Crippen LogP contribution is -2.17. The summed E-state index contributed by atoms with van der Waals surface area (Å²) in [4.78, 5) is 7.38. The van der Waals surface area contributed by atoms with Crippen LogP contribution in [0.25, 0.3) is 0 Å². The molecule has 0 bridgehead atoms. The number of rotatable bonds is 3. The number of likely N-dealkylation sites (N-methyl/N-ethyl adjacent to an activating group) is 1. The first kappa shape index (κ1) is 12.2. The quantitative estimate of drug-likeness (QED) is 0.872. The molecule has 0 amide bonds. The van der Waals surface area contributed by atoms with Crippen LogP contribution in [-0.4, -0.2) is 41.1 Å². The van der Waals surface area contributed by atoms with Gasteiger partial charge in [-0.05, 0) is 39.4 Å². The molecule has 1 aromatic heterocycles. The molecule has 1 unspecified atom stereocenters. The van der Waals surface area contributed by atoms with E-state index in [0.717, 1.165) is 32.5 Å². The van der Waals surface area contributed by atoms with Gasteiger partial charge >= 0.3 is 0 Å². The fourth-order valence-electron chi connectivity index (χ4n) is 3.45. The van der Waals surface area contributed by atoms with Crippen molar-refractivity contribution in [2.24, 2.45) is 5.73 Å². The lowest BCUT2D eigenvalue weighted by atomic mass is 10.0. The molecule has 3 heterocycles. The van der Waals surface area contributed by atoms with Gasteiger partial charge in [0.1, 0.15) is 5.82 Å². The van der Waals surface area contributed by atoms with Gasteiger partial charge in [-0.15, -0.1) is 0 Å². The average Bonchev–Trinajstić information content (AvgIpc) is 2.95. The summed E-state index contributed by atoms with van der Waals surface area (Å²) in [5, 5.41) is 0. The minimum atomic E-state index is 0.634. The molecule has 1 aromatic rings. The fourth-order valence-corrected chi connectivity index (χ4v) is 3.45. The van der Waals surface area contributed by atoms with Crippen molar-refractivity contribution in [3.8, 4) is 0 Å². The van der Waals surface area contributed by atoms with Crippen LogP contribution >= 0.6 is 0 Å². The monoisotopic (exact) mass is 248 g/mol. The number of fused-ring (bicyclic) bond motifs is 1. The van der Waals surface area contributed by atoms with E-state index in [1.807, 2.05) is 0 Å². The van der Waals surface area contributed by atoms with Gasteiger partial charge in [0, 0.05) is 37.5 Å². The number of hydrogen-bond acceptors (Lipinski definition) is 3. The number of nitrogens with two attached hydrogens (primary N) is 1. The zero-order valence-corrected chi connectivity index (χ0v) is 11.4. The van der Waals surface area contributed by atoms with Crippen molar-refractivity contribution in [1.82, 2.24) is 14.5 Å². The second-order valence-corrected chi connectivity index (χ2v) is 5.76. The van der Waals surface area contributed by atoms with Crippen molar-refractivity contribution >= 4 is 0 Å². The zero-order valence-electron chi connectivity index (χ0n) is 11.4. The maximum atomic E-state index is 5.80. The average molecular weight is 248 g/mol. The summed E-state index contributed by atoms with van der Waals surface area (Å²) in [6.07, 6.45) is 5.99. The molecule has 18 heavy (non-hydrogen) atoms. The van der Waals surface area contributed by atoms with E-state index in [0.29, 0.717) is 5.92 Å². The highest BCUT2D eigenvalue weighted by atomic mass is 15.1. The zero-order chi connectivity index (χ0) is 12.5. The third kappa shape index (κ3) is 2.08. The van der Waals surface area contributed by atoms with Crippen molar-refractivity contribution < 1.29 is 0 Å². The van der Waals surface area contributed by atoms with Crippen LogP contribution in [0.4, 0.5) is 0 Å². The van der Waals surface area contributed by atoms with Gasteiger partial charge in [0.2, 0.25) is 0 Å². The summed E-state index contributed by atoms with van der Waals surface area (Å²) in [6, 6.07) is 0. The van der Waals surface area contributed by atoms with Gasteiger partial charge in [0.25, 0.3) is 0 Å². The molecule has 0 saturated carbocycles. The highest BCUT2D eigenvalue weighted by Gasteiger charge is 2.28. The van der Waals surface area contributed by atoms with Gasteiger partial charge in [0.05, 0.1) is 5.69 Å². The molecule has 2 N–H and O–H groups in total. The lowest BCUT2D eigenvalue weighted by molar-refractivity contribution is 0.410. The van der Waals surface area contributed by atoms with Crippen molar-refractivity contribution in [1.29, 1.82) is 0 Å². The highest BCUT2D eigenvalue weighted by Crippen LogP contribution is 2.31. The first-order valence-electron chi connectivity index (χ1n) is 7.26. The third-order valence-corrected chi connectivity index (χ3v) is 4.37. The Bertz CT molecular complexity index is 424. The van der Waals surface area contributed by atoms with Crippen LogP contribution < -0.4 is 5.73 Å². The molecule has 0 spiro atoms. The number of aryl methyl sites for hydroxylation is 1. The maximum Gasteiger partial charge on any atom is 0.109 e. The Labute approximate surface area is 109 Å². The largest absolute Gasteiger partial charge is 0.332 e. The summed E-state index contributed by atoms with van der Waals surface area (Å²) in [7, 11) is 2.21. The standard InChI is InChI=1S/C14H24N4/c1-17-9-6-11(10-17)14-12(5-7-15)18-8-3-2-4-13(18)16-14/h11H,2-10,15H2,1H3. The summed E-state index contributed by atoms with van der Waals surface area (Å²) >= 11 is 0. The number of aromatic nitrogens is 2. The fraction of sp³-hybridized carbons (Fsp3) is 0.786. The molecule has 2 aliphatic rings. The van der Waals surface area contributed by atoms with Crippen LogP contribution in [0.2, 0.25) is 0 Å². The van der Waals surface area contributed by atoms with E-state index in [9.17, 15) is 0 Å². The third-order valence-electron chi connectivity index (χ3n) is 4.37. The van der Waals surface area contributed by atoms with E-state index in [1.54, 1.807) is 0 Å². The summed E-state index contributed by atoms with van der Waals surface area (Å²) in [6.45, 7) is 4.25. The number of imidazole rings is 1. The molecule has 100 valence electrons. The van der Waals surface area contributed by atoms with Crippen molar-refractivity contribution in [3.63, 3.8) is 0 Å². The molecular weight excluding hydrogens is 224 g/mol. The number of hydrogen-bond donors (Lipinski definition) is 1. The molecule has 1 fully saturated rings. The van der Waals surface area contributed by atoms with E-state index in [2.05, 4.69) is 16.5 Å². The highest BCUT2D eigenvalue weighted by molar-refractivity contribution is 5.24. The van der Waals surface area contributed by atoms with Crippen LogP contribution in [-0.2, 0) is 19.4 Å². The van der Waals surface area contributed by atoms with Crippen LogP contribution in [0.5, 0.6) is 0 Å². The minimum absolute atomic E-state index is 0.634. The van der Waals surface area contributed by atoms with Gasteiger partial charge in [-0.25, -0.2) is 4.98 Å². The van der Waals surface area contributed by atoms with Gasteiger partial charge in [-0.2, -0.15) is 0 Å². The van der Waals surface area contributed by atoms with Crippen LogP contribution in [0.15, 0.2) is 0 Å². The second kappa shape index (κ2) is 5.02. The molecule has 0 aliphatic carbocycles. The predicted molar refractivity (Wildman–Crippen MR) is 72.8 cm³/mol. The molecular formula is C14H24N4. The van der Waals surface area contributed by atoms with Gasteiger partial charge < -0.3 is 15.2 Å². The number of likely N-dealkylation sites (tertiary alicyclic amines) is 1. The Kier molecular flexibility index (Phi) is 3.39. The van der Waals surface area contributed by atoms with Gasteiger partial charge in [0.15, 0.2) is 0 Å². The summed E-state index contributed by atoms with van der Waals surface area (Å²) in [5.74, 6) is 1.95. The van der Waals surface area contributed by atoms with Crippen molar-refractivity contribution in [2.75, 3.05) is 26.7 Å². The molecule has 0 radical (unpaired) electrons. The van der Waals surface area contributed by atoms with E-state index in [4.69, 9.17) is 10.7 Å². The molecule has 4 heteroatoms. The molecule has 2 aliphatic heterocycles. The molecule has 3 rings (SSSR count). The Morgan fingerprint density at radius 1 is 1.33 bits per heavy atom. The van der Waals surface area contributed by atoms with Gasteiger partial charge in [-0.3, -0.25) is 0 Å². The topological polar surface area (TPSA) is 47.1 Å². The molecule has 0 aromatic carbocycles. The Hall–Kier alpha value is -0.870. The first-order valence-corrected chi connectivity index (χ1v) is 7.26. The van der Waals surface area contributed by atoms with E-state index in [-0.39, 0.29) is 0 Å². The van der Waals surface area contributed by atoms with E-state index < -0.39 is 0 Å². The van der Waals surface area contributed by atoms with Crippen molar-refractivity contribution in [2.45, 2.75) is 44.6 Å². The van der Waals surface area contributed by atoms with Crippen LogP contribution in [0.3, 0.4) is 0 Å². The SMILES string of the molecule is CN1CCC(c2nc3n(c2CCN)CCCC3)C1. The first-order chi connectivity index (χ1) is 8.79. The van der Waals surface area contributed by atoms with E-state index >= 15 is 0 Å². The Morgan fingerprint density at radius 2 is 2.22 bits per heavy atom. The van der Waals surface area contributed by atoms with Crippen molar-refractivity contribution in [3.05, 3.63) is 17.2 Å². The maximum absolute atomic E-state index is 5.80. The lowest BCUT2D eigenvalue weighted by Gasteiger charge is -2.17. The molecule has 1 atom stereocenters. The van der Waals surface area contributed by atoms with E-state index in [1.165, 1.54) is 43.0 Å². The smallest absolute Gasteiger partial charge is 0.109 e. The van der Waals surface area contributed by atoms with Crippen LogP contribution in [0.1, 0.15) is 42.4 Å². The number of nitrogens with zero attached hydrogens (tertiary/aromatic N) is 3. The van der Waals surface area contributed by atoms with Gasteiger partial charge in [-0.1, -0.05) is 0 Å². The molecule has 4 nitrogen and oxygen atoms in total. The minimum Gasteiger partial charge on any atom is -0.332 e. The Balaban J connectivity index is 1.94. The van der Waals surface area contributed by atoms with Crippen LogP contribution in [0, 0.1) is 0 Å². The Morgan fingerprint density at radius 3 is 2.94 bits per heavy atom. The normalized spacial score (nSPS) is 24.4.